The van der Waals surface area contributed by atoms with Gasteiger partial charge < -0.3 is 18.6 Å². The number of hydrogen-bond donors (Lipinski definition) is 0. The molecule has 0 aliphatic rings. The zero-order chi connectivity index (χ0) is 4.28. The second-order valence-corrected chi connectivity index (χ2v) is 0.789. The number of ketones is 1. The minimum absolute atomic E-state index is 0. The average molecular weight is 308 g/mol. The van der Waals surface area contributed by atoms with Crippen molar-refractivity contribution in [1.29, 1.82) is 0 Å². The molecule has 0 fully saturated rings. The first-order chi connectivity index (χ1) is 2.27. The average Bonchev–Trinajstić information content (AvgIpc) is 1.38. The third-order valence-corrected chi connectivity index (χ3v) is 0.279. The molecule has 0 N–H and O–H groups in total. The van der Waals surface area contributed by atoms with Crippen LogP contribution in [0, 0.1) is 45.0 Å². The Bertz CT molecular complexity index is 42.8. The number of carbonyl (C=O) groups excluding carboxylic acids is 1. The minimum atomic E-state index is -0.106. The molecule has 0 aromatic carbocycles. The van der Waals surface area contributed by atoms with Crippen LogP contribution < -0.4 is 0 Å². The molecule has 0 saturated carbocycles. The van der Waals surface area contributed by atoms with E-state index in [1.807, 2.05) is 0 Å². The molecule has 6 heavy (non-hydrogen) atoms. The van der Waals surface area contributed by atoms with E-state index in [0.29, 0.717) is 6.42 Å². The fourth-order valence-corrected chi connectivity index (χ4v) is 0. The van der Waals surface area contributed by atoms with Crippen LogP contribution in [0.3, 0.4) is 0 Å². The van der Waals surface area contributed by atoms with Gasteiger partial charge in [-0.3, -0.25) is 0 Å². The van der Waals surface area contributed by atoms with Crippen LogP contribution in [0.15, 0.2) is 0 Å². The Morgan fingerprint density at radius 2 is 1.83 bits per heavy atom. The minimum Gasteiger partial charge on any atom is -0.342 e. The molecule has 0 atom stereocenters. The summed E-state index contributed by atoms with van der Waals surface area (Å²) in [6.07, 6.45) is 0.306. The first-order valence-electron chi connectivity index (χ1n) is 1.41. The molecule has 0 rings (SSSR count). The third kappa shape index (κ3) is 8.82. The Morgan fingerprint density at radius 3 is 1.83 bits per heavy atom. The van der Waals surface area contributed by atoms with E-state index in [0.717, 1.165) is 0 Å². The molecule has 0 heterocycles. The second kappa shape index (κ2) is 5.59. The Labute approximate surface area is 61.9 Å². The van der Waals surface area contributed by atoms with Crippen molar-refractivity contribution in [3.05, 3.63) is 13.8 Å². The molecular formula is C4H6OU. The van der Waals surface area contributed by atoms with E-state index in [-0.39, 0.29) is 36.9 Å². The van der Waals surface area contributed by atoms with Crippen LogP contribution in [-0.2, 0) is 4.79 Å². The van der Waals surface area contributed by atoms with E-state index in [4.69, 9.17) is 0 Å². The number of carbonyl (C=O) groups is 1. The van der Waals surface area contributed by atoms with E-state index in [1.165, 1.54) is 0 Å². The fraction of sp³-hybridized carbons (Fsp3) is 0.250. The van der Waals surface area contributed by atoms with E-state index >= 15 is 0 Å². The standard InChI is InChI=1S/C4H6O.U/c1-3-4(2)5;/h1-3H2;/q-2;+2. The normalized spacial score (nSPS) is 6.17. The number of rotatable bonds is 1. The molecule has 0 amide bonds. The van der Waals surface area contributed by atoms with Gasteiger partial charge in [-0.25, -0.2) is 0 Å². The SMILES string of the molecule is [CH2-]CC([CH2-])=O.[U+2]. The molecule has 0 radical (unpaired) electrons. The molecule has 2 heteroatoms. The van der Waals surface area contributed by atoms with Crippen molar-refractivity contribution >= 4 is 5.78 Å². The Kier molecular flexibility index (Phi) is 9.11. The van der Waals surface area contributed by atoms with Crippen molar-refractivity contribution in [3.8, 4) is 0 Å². The Balaban J connectivity index is 0. The van der Waals surface area contributed by atoms with Gasteiger partial charge in [0.1, 0.15) is 0 Å². The molecule has 0 aliphatic carbocycles. The molecule has 0 aliphatic heterocycles. The van der Waals surface area contributed by atoms with Crippen LogP contribution in [-0.4, -0.2) is 5.78 Å². The second-order valence-electron chi connectivity index (χ2n) is 0.789. The zero-order valence-electron chi connectivity index (χ0n) is 3.53. The van der Waals surface area contributed by atoms with Crippen molar-refractivity contribution in [2.24, 2.45) is 0 Å². The van der Waals surface area contributed by atoms with Crippen molar-refractivity contribution in [3.63, 3.8) is 0 Å². The summed E-state index contributed by atoms with van der Waals surface area (Å²) in [5.74, 6) is -0.106. The predicted octanol–water partition coefficient (Wildman–Crippen LogP) is 0.614. The zero-order valence-corrected chi connectivity index (χ0v) is 7.69. The van der Waals surface area contributed by atoms with Gasteiger partial charge in [0.15, 0.2) is 0 Å². The van der Waals surface area contributed by atoms with Crippen LogP contribution in [0.25, 0.3) is 0 Å². The van der Waals surface area contributed by atoms with Crippen LogP contribution in [0.2, 0.25) is 0 Å². The fourth-order valence-electron chi connectivity index (χ4n) is 0. The van der Waals surface area contributed by atoms with Gasteiger partial charge in [-0.1, -0.05) is 0 Å². The summed E-state index contributed by atoms with van der Waals surface area (Å²) in [4.78, 5) is 9.64. The quantitative estimate of drug-likeness (QED) is 0.649. The third-order valence-electron chi connectivity index (χ3n) is 0.279. The summed E-state index contributed by atoms with van der Waals surface area (Å²) in [7, 11) is 0. The van der Waals surface area contributed by atoms with Crippen molar-refractivity contribution in [2.75, 3.05) is 0 Å². The van der Waals surface area contributed by atoms with E-state index in [9.17, 15) is 4.79 Å². The van der Waals surface area contributed by atoms with Crippen molar-refractivity contribution < 1.29 is 35.9 Å². The molecular weight excluding hydrogens is 302 g/mol. The maximum Gasteiger partial charge on any atom is 2.00 e. The molecule has 0 aromatic rings. The summed E-state index contributed by atoms with van der Waals surface area (Å²) in [6.45, 7) is 6.33. The molecule has 0 saturated heterocycles. The first kappa shape index (κ1) is 9.78. The Hall–Kier alpha value is 0.592. The van der Waals surface area contributed by atoms with Crippen molar-refractivity contribution in [1.82, 2.24) is 0 Å². The van der Waals surface area contributed by atoms with E-state index in [1.54, 1.807) is 0 Å². The largest absolute Gasteiger partial charge is 2.00 e. The van der Waals surface area contributed by atoms with Gasteiger partial charge in [0.05, 0.1) is 0 Å². The number of Topliss-reactive ketones (excluding diaryl/α,β-unsaturated/α-hetero) is 1. The van der Waals surface area contributed by atoms with Crippen LogP contribution in [0.4, 0.5) is 0 Å². The molecule has 32 valence electrons. The summed E-state index contributed by atoms with van der Waals surface area (Å²) in [5.41, 5.74) is 0. The molecule has 0 aromatic heterocycles. The van der Waals surface area contributed by atoms with Crippen LogP contribution in [0.1, 0.15) is 6.42 Å². The molecule has 0 spiro atoms. The van der Waals surface area contributed by atoms with Crippen LogP contribution >= 0.6 is 0 Å². The smallest absolute Gasteiger partial charge is 0.342 e. The van der Waals surface area contributed by atoms with E-state index in [2.05, 4.69) is 13.8 Å². The Morgan fingerprint density at radius 1 is 1.67 bits per heavy atom. The summed E-state index contributed by atoms with van der Waals surface area (Å²) >= 11 is 0. The first-order valence-corrected chi connectivity index (χ1v) is 1.41. The monoisotopic (exact) mass is 308 g/mol. The predicted molar refractivity (Wildman–Crippen MR) is 20.3 cm³/mol. The van der Waals surface area contributed by atoms with Gasteiger partial charge in [-0.05, 0) is 5.78 Å². The molecule has 0 unspecified atom stereocenters. The summed E-state index contributed by atoms with van der Waals surface area (Å²) in [5, 5.41) is 0. The van der Waals surface area contributed by atoms with Gasteiger partial charge in [0, 0.05) is 0 Å². The van der Waals surface area contributed by atoms with Crippen LogP contribution in [0.5, 0.6) is 0 Å². The molecule has 0 bridgehead atoms. The van der Waals surface area contributed by atoms with E-state index < -0.39 is 0 Å². The van der Waals surface area contributed by atoms with Gasteiger partial charge in [-0.15, -0.1) is 0 Å². The van der Waals surface area contributed by atoms with Gasteiger partial charge in [-0.2, -0.15) is 6.42 Å². The number of hydrogen-bond acceptors (Lipinski definition) is 1. The summed E-state index contributed by atoms with van der Waals surface area (Å²) in [6, 6.07) is 0. The van der Waals surface area contributed by atoms with Gasteiger partial charge in [0.2, 0.25) is 0 Å². The van der Waals surface area contributed by atoms with Gasteiger partial charge >= 0.3 is 31.1 Å². The summed E-state index contributed by atoms with van der Waals surface area (Å²) < 4.78 is 0. The molecule has 1 nitrogen and oxygen atoms in total. The van der Waals surface area contributed by atoms with Crippen molar-refractivity contribution in [2.45, 2.75) is 6.42 Å². The topological polar surface area (TPSA) is 17.1 Å². The maximum atomic E-state index is 9.64. The van der Waals surface area contributed by atoms with Gasteiger partial charge in [0.25, 0.3) is 0 Å². The maximum absolute atomic E-state index is 9.64.